The number of rotatable bonds is 5. The van der Waals surface area contributed by atoms with Crippen molar-refractivity contribution in [1.82, 2.24) is 5.32 Å². The van der Waals surface area contributed by atoms with Crippen LogP contribution in [0.15, 0.2) is 53.4 Å². The van der Waals surface area contributed by atoms with Crippen LogP contribution in [0.25, 0.3) is 0 Å². The molecule has 1 amide bonds. The monoisotopic (exact) mass is 435 g/mol. The summed E-state index contributed by atoms with van der Waals surface area (Å²) in [6.45, 7) is 3.86. The number of nitrogens with one attached hydrogen (secondary N) is 1. The van der Waals surface area contributed by atoms with Crippen LogP contribution >= 0.6 is 11.6 Å². The molecule has 1 aliphatic heterocycles. The van der Waals surface area contributed by atoms with E-state index in [0.29, 0.717) is 24.3 Å². The predicted molar refractivity (Wildman–Crippen MR) is 114 cm³/mol. The summed E-state index contributed by atoms with van der Waals surface area (Å²) >= 11 is 6.02. The fourth-order valence-corrected chi connectivity index (χ4v) is 4.48. The van der Waals surface area contributed by atoms with Gasteiger partial charge in [-0.25, -0.2) is 8.42 Å². The summed E-state index contributed by atoms with van der Waals surface area (Å²) in [5, 5.41) is 3.80. The van der Waals surface area contributed by atoms with Gasteiger partial charge in [0, 0.05) is 36.1 Å². The molecule has 5 nitrogen and oxygen atoms in total. The Labute approximate surface area is 177 Å². The smallest absolute Gasteiger partial charge is 0.220 e. The minimum Gasteiger partial charge on any atom is -0.365 e. The second kappa shape index (κ2) is 8.46. The summed E-state index contributed by atoms with van der Waals surface area (Å²) in [7, 11) is -3.26. The van der Waals surface area contributed by atoms with E-state index < -0.39 is 15.4 Å². The molecule has 29 heavy (non-hydrogen) atoms. The fraction of sp³-hybridized carbons (Fsp3) is 0.409. The highest BCUT2D eigenvalue weighted by Crippen LogP contribution is 2.44. The fourth-order valence-electron chi connectivity index (χ4n) is 3.72. The Morgan fingerprint density at radius 1 is 1.07 bits per heavy atom. The second-order valence-electron chi connectivity index (χ2n) is 7.88. The van der Waals surface area contributed by atoms with Gasteiger partial charge in [0.2, 0.25) is 5.91 Å². The van der Waals surface area contributed by atoms with Crippen LogP contribution < -0.4 is 5.32 Å². The molecule has 3 atom stereocenters. The average molecular weight is 436 g/mol. The highest BCUT2D eigenvalue weighted by Gasteiger charge is 2.40. The molecule has 1 saturated heterocycles. The zero-order valence-corrected chi connectivity index (χ0v) is 18.4. The number of hydrogen-bond acceptors (Lipinski definition) is 4. The van der Waals surface area contributed by atoms with E-state index in [4.69, 9.17) is 16.3 Å². The maximum Gasteiger partial charge on any atom is 0.220 e. The first-order chi connectivity index (χ1) is 13.6. The number of benzene rings is 2. The Morgan fingerprint density at radius 2 is 1.55 bits per heavy atom. The lowest BCUT2D eigenvalue weighted by Gasteiger charge is -2.43. The topological polar surface area (TPSA) is 72.5 Å². The van der Waals surface area contributed by atoms with Gasteiger partial charge in [0.25, 0.3) is 0 Å². The highest BCUT2D eigenvalue weighted by atomic mass is 35.5. The Balaban J connectivity index is 1.92. The molecule has 156 valence electrons. The standard InChI is InChI=1S/C22H26ClNO4S/c1-4-21(25)24-22(2)13-19(15-5-9-17(23)10-6-15)28-20(14-22)16-7-11-18(12-8-16)29(3,26)27/h5-12,19-20H,4,13-14H2,1-3H3,(H,24,25)/t19-,20+,22-/m0/s1. The number of amides is 1. The molecule has 2 aromatic carbocycles. The molecule has 0 saturated carbocycles. The van der Waals surface area contributed by atoms with E-state index >= 15 is 0 Å². The quantitative estimate of drug-likeness (QED) is 0.743. The van der Waals surface area contributed by atoms with E-state index in [0.717, 1.165) is 11.1 Å². The third-order valence-corrected chi connectivity index (χ3v) is 6.66. The summed E-state index contributed by atoms with van der Waals surface area (Å²) in [5.41, 5.74) is 1.42. The third-order valence-electron chi connectivity index (χ3n) is 5.28. The van der Waals surface area contributed by atoms with Gasteiger partial charge in [0.15, 0.2) is 9.84 Å². The zero-order chi connectivity index (χ0) is 21.2. The van der Waals surface area contributed by atoms with Gasteiger partial charge in [-0.05, 0) is 42.3 Å². The van der Waals surface area contributed by atoms with Crippen LogP contribution in [0.2, 0.25) is 5.02 Å². The van der Waals surface area contributed by atoms with Gasteiger partial charge in [0.05, 0.1) is 17.1 Å². The molecule has 0 spiro atoms. The first-order valence-electron chi connectivity index (χ1n) is 9.61. The van der Waals surface area contributed by atoms with E-state index in [2.05, 4.69) is 5.32 Å². The number of sulfone groups is 1. The van der Waals surface area contributed by atoms with E-state index in [1.807, 2.05) is 38.1 Å². The van der Waals surface area contributed by atoms with Gasteiger partial charge in [-0.1, -0.05) is 42.8 Å². The summed E-state index contributed by atoms with van der Waals surface area (Å²) in [6, 6.07) is 14.3. The molecule has 1 N–H and O–H groups in total. The summed E-state index contributed by atoms with van der Waals surface area (Å²) < 4.78 is 29.9. The van der Waals surface area contributed by atoms with E-state index in [-0.39, 0.29) is 23.0 Å². The predicted octanol–water partition coefficient (Wildman–Crippen LogP) is 4.62. The maximum absolute atomic E-state index is 12.1. The first-order valence-corrected chi connectivity index (χ1v) is 11.9. The largest absolute Gasteiger partial charge is 0.365 e. The zero-order valence-electron chi connectivity index (χ0n) is 16.8. The van der Waals surface area contributed by atoms with Gasteiger partial charge in [-0.3, -0.25) is 4.79 Å². The highest BCUT2D eigenvalue weighted by molar-refractivity contribution is 7.90. The number of ether oxygens (including phenoxy) is 1. The molecule has 0 radical (unpaired) electrons. The Bertz CT molecular complexity index is 973. The summed E-state index contributed by atoms with van der Waals surface area (Å²) in [4.78, 5) is 12.4. The molecule has 2 aromatic rings. The molecule has 0 aromatic heterocycles. The normalized spacial score (nSPS) is 24.8. The minimum absolute atomic E-state index is 0.00423. The van der Waals surface area contributed by atoms with Crippen molar-refractivity contribution in [3.05, 3.63) is 64.7 Å². The average Bonchev–Trinajstić information content (AvgIpc) is 2.67. The van der Waals surface area contributed by atoms with Crippen molar-refractivity contribution < 1.29 is 17.9 Å². The lowest BCUT2D eigenvalue weighted by molar-refractivity contribution is -0.128. The Morgan fingerprint density at radius 3 is 2.00 bits per heavy atom. The van der Waals surface area contributed by atoms with Crippen molar-refractivity contribution in [2.75, 3.05) is 6.26 Å². The van der Waals surface area contributed by atoms with Crippen LogP contribution in [0.4, 0.5) is 0 Å². The lowest BCUT2D eigenvalue weighted by Crippen LogP contribution is -2.50. The van der Waals surface area contributed by atoms with Crippen LogP contribution in [-0.2, 0) is 19.4 Å². The molecule has 0 unspecified atom stereocenters. The van der Waals surface area contributed by atoms with Gasteiger partial charge >= 0.3 is 0 Å². The molecule has 0 aliphatic carbocycles. The van der Waals surface area contributed by atoms with Crippen molar-refractivity contribution in [3.8, 4) is 0 Å². The lowest BCUT2D eigenvalue weighted by atomic mass is 9.81. The second-order valence-corrected chi connectivity index (χ2v) is 10.3. The molecule has 0 bridgehead atoms. The molecular weight excluding hydrogens is 410 g/mol. The number of halogens is 1. The Hall–Kier alpha value is -1.89. The SMILES string of the molecule is CCC(=O)N[C@@]1(C)C[C@@H](c2ccc(Cl)cc2)O[C@@H](c2ccc(S(C)(=O)=O)cc2)C1. The molecule has 1 aliphatic rings. The summed E-state index contributed by atoms with van der Waals surface area (Å²) in [6.07, 6.45) is 2.34. The molecule has 1 fully saturated rings. The van der Waals surface area contributed by atoms with Crippen molar-refractivity contribution in [1.29, 1.82) is 0 Å². The van der Waals surface area contributed by atoms with Crippen molar-refractivity contribution in [2.24, 2.45) is 0 Å². The number of carbonyl (C=O) groups excluding carboxylic acids is 1. The van der Waals surface area contributed by atoms with E-state index in [1.54, 1.807) is 24.3 Å². The van der Waals surface area contributed by atoms with Crippen LogP contribution in [0.3, 0.4) is 0 Å². The maximum atomic E-state index is 12.1. The minimum atomic E-state index is -3.26. The Kier molecular flexibility index (Phi) is 6.36. The van der Waals surface area contributed by atoms with E-state index in [1.165, 1.54) is 6.26 Å². The van der Waals surface area contributed by atoms with Crippen LogP contribution in [-0.4, -0.2) is 26.1 Å². The first kappa shape index (κ1) is 21.8. The van der Waals surface area contributed by atoms with Gasteiger partial charge in [0.1, 0.15) is 0 Å². The van der Waals surface area contributed by atoms with Crippen molar-refractivity contribution in [3.63, 3.8) is 0 Å². The molecule has 7 heteroatoms. The van der Waals surface area contributed by atoms with Gasteiger partial charge in [-0.15, -0.1) is 0 Å². The summed E-state index contributed by atoms with van der Waals surface area (Å²) in [5.74, 6) is -0.00423. The van der Waals surface area contributed by atoms with E-state index in [9.17, 15) is 13.2 Å². The van der Waals surface area contributed by atoms with Gasteiger partial charge < -0.3 is 10.1 Å². The third kappa shape index (κ3) is 5.38. The van der Waals surface area contributed by atoms with Crippen molar-refractivity contribution in [2.45, 2.75) is 55.8 Å². The van der Waals surface area contributed by atoms with Crippen LogP contribution in [0.5, 0.6) is 0 Å². The van der Waals surface area contributed by atoms with Crippen LogP contribution in [0, 0.1) is 0 Å². The van der Waals surface area contributed by atoms with Gasteiger partial charge in [-0.2, -0.15) is 0 Å². The van der Waals surface area contributed by atoms with Crippen LogP contribution in [0.1, 0.15) is 56.4 Å². The molecule has 1 heterocycles. The molecule has 3 rings (SSSR count). The number of hydrogen-bond donors (Lipinski definition) is 1. The number of carbonyl (C=O) groups is 1. The molecular formula is C22H26ClNO4S. The van der Waals surface area contributed by atoms with Crippen molar-refractivity contribution >= 4 is 27.3 Å².